The van der Waals surface area contributed by atoms with Gasteiger partial charge in [-0.15, -0.1) is 0 Å². The minimum absolute atomic E-state index is 0.0305. The molecule has 8 heteroatoms. The number of pyridine rings is 1. The number of aryl methyl sites for hydroxylation is 1. The lowest BCUT2D eigenvalue weighted by Gasteiger charge is -2.13. The number of alkyl halides is 3. The molecule has 0 bridgehead atoms. The summed E-state index contributed by atoms with van der Waals surface area (Å²) in [7, 11) is 0. The van der Waals surface area contributed by atoms with Gasteiger partial charge < -0.3 is 10.6 Å². The molecule has 39 heavy (non-hydrogen) atoms. The molecule has 1 aromatic heterocycles. The third-order valence-corrected chi connectivity index (χ3v) is 6.86. The Balaban J connectivity index is 1.34. The van der Waals surface area contributed by atoms with Crippen molar-refractivity contribution >= 4 is 17.4 Å². The first kappa shape index (κ1) is 26.0. The van der Waals surface area contributed by atoms with Crippen LogP contribution in [0.3, 0.4) is 0 Å². The van der Waals surface area contributed by atoms with Crippen molar-refractivity contribution in [3.63, 3.8) is 0 Å². The van der Waals surface area contributed by atoms with E-state index in [0.717, 1.165) is 41.1 Å². The van der Waals surface area contributed by atoms with Crippen molar-refractivity contribution in [2.45, 2.75) is 37.8 Å². The van der Waals surface area contributed by atoms with E-state index in [4.69, 9.17) is 4.98 Å². The summed E-state index contributed by atoms with van der Waals surface area (Å²) in [4.78, 5) is 17.2. The number of nitrogens with zero attached hydrogens (tertiary/aromatic N) is 2. The normalized spacial score (nSPS) is 16.3. The van der Waals surface area contributed by atoms with Gasteiger partial charge in [0.25, 0.3) is 0 Å². The lowest BCUT2D eigenvalue weighted by atomic mass is 9.96. The molecular formula is C31H25F3N4O. The highest BCUT2D eigenvalue weighted by atomic mass is 19.4. The lowest BCUT2D eigenvalue weighted by Crippen LogP contribution is -2.19. The molecular weight excluding hydrogens is 501 g/mol. The number of halogens is 3. The maximum Gasteiger partial charge on any atom is 0.416 e. The second-order valence-electron chi connectivity index (χ2n) is 9.48. The van der Waals surface area contributed by atoms with Gasteiger partial charge in [-0.25, -0.2) is 4.79 Å². The van der Waals surface area contributed by atoms with Gasteiger partial charge >= 0.3 is 12.2 Å². The Morgan fingerprint density at radius 2 is 1.67 bits per heavy atom. The van der Waals surface area contributed by atoms with Crippen LogP contribution in [0.2, 0.25) is 0 Å². The SMILES string of the molecule is CCc1nc(C2CC2c2ccccc2)cc(-c2ccc(NC(=O)Nc3cccc(C(F)(F)F)c3)cc2)c1C#N. The number of hydrogen-bond acceptors (Lipinski definition) is 3. The first-order chi connectivity index (χ1) is 18.8. The topological polar surface area (TPSA) is 77.8 Å². The molecule has 2 amide bonds. The third-order valence-electron chi connectivity index (χ3n) is 6.86. The summed E-state index contributed by atoms with van der Waals surface area (Å²) in [6, 6.07) is 25.4. The molecule has 2 unspecified atom stereocenters. The molecule has 1 saturated carbocycles. The molecule has 0 saturated heterocycles. The summed E-state index contributed by atoms with van der Waals surface area (Å²) in [5, 5.41) is 15.0. The van der Waals surface area contributed by atoms with Crippen molar-refractivity contribution in [3.05, 3.63) is 113 Å². The number of amides is 2. The quantitative estimate of drug-likeness (QED) is 0.266. The summed E-state index contributed by atoms with van der Waals surface area (Å²) in [6.45, 7) is 1.98. The van der Waals surface area contributed by atoms with Crippen molar-refractivity contribution in [3.8, 4) is 17.2 Å². The van der Waals surface area contributed by atoms with Crippen molar-refractivity contribution in [1.29, 1.82) is 5.26 Å². The number of urea groups is 1. The van der Waals surface area contributed by atoms with Crippen LogP contribution in [-0.4, -0.2) is 11.0 Å². The van der Waals surface area contributed by atoms with Gasteiger partial charge in [-0.1, -0.05) is 55.5 Å². The number of hydrogen-bond donors (Lipinski definition) is 2. The van der Waals surface area contributed by atoms with E-state index in [1.165, 1.54) is 17.7 Å². The minimum Gasteiger partial charge on any atom is -0.308 e. The zero-order chi connectivity index (χ0) is 27.6. The monoisotopic (exact) mass is 526 g/mol. The number of aromatic nitrogens is 1. The van der Waals surface area contributed by atoms with Gasteiger partial charge in [0.05, 0.1) is 16.8 Å². The van der Waals surface area contributed by atoms with E-state index in [1.54, 1.807) is 24.3 Å². The van der Waals surface area contributed by atoms with Gasteiger partial charge in [-0.3, -0.25) is 4.98 Å². The highest BCUT2D eigenvalue weighted by molar-refractivity contribution is 6.00. The van der Waals surface area contributed by atoms with Crippen LogP contribution in [0.15, 0.2) is 84.9 Å². The molecule has 196 valence electrons. The lowest BCUT2D eigenvalue weighted by molar-refractivity contribution is -0.137. The molecule has 2 atom stereocenters. The van der Waals surface area contributed by atoms with Gasteiger partial charge in [0.15, 0.2) is 0 Å². The molecule has 2 N–H and O–H groups in total. The van der Waals surface area contributed by atoms with E-state index >= 15 is 0 Å². The number of nitrogens with one attached hydrogen (secondary N) is 2. The molecule has 0 spiro atoms. The molecule has 1 aliphatic rings. The van der Waals surface area contributed by atoms with Gasteiger partial charge in [-0.05, 0) is 66.3 Å². The Bertz CT molecular complexity index is 1540. The maximum absolute atomic E-state index is 12.9. The summed E-state index contributed by atoms with van der Waals surface area (Å²) in [5.41, 5.74) is 4.78. The number of rotatable bonds is 6. The van der Waals surface area contributed by atoms with Crippen LogP contribution in [0.25, 0.3) is 11.1 Å². The van der Waals surface area contributed by atoms with E-state index < -0.39 is 17.8 Å². The van der Waals surface area contributed by atoms with Gasteiger partial charge in [0.1, 0.15) is 6.07 Å². The van der Waals surface area contributed by atoms with Crippen LogP contribution in [0.4, 0.5) is 29.3 Å². The number of anilines is 2. The molecule has 1 heterocycles. The molecule has 1 fully saturated rings. The smallest absolute Gasteiger partial charge is 0.308 e. The second-order valence-corrected chi connectivity index (χ2v) is 9.48. The molecule has 5 rings (SSSR count). The fourth-order valence-electron chi connectivity index (χ4n) is 4.81. The molecule has 3 aromatic carbocycles. The first-order valence-corrected chi connectivity index (χ1v) is 12.6. The number of benzene rings is 3. The maximum atomic E-state index is 12.9. The van der Waals surface area contributed by atoms with Crippen LogP contribution in [-0.2, 0) is 12.6 Å². The standard InChI is InChI=1S/C31H25F3N4O/c1-2-28-27(18-35)25(17-29(38-28)26-16-24(26)19-7-4-3-5-8-19)20-11-13-22(14-12-20)36-30(39)37-23-10-6-9-21(15-23)31(32,33)34/h3-15,17,24,26H,2,16H2,1H3,(H2,36,37,39). The van der Waals surface area contributed by atoms with E-state index in [1.807, 2.05) is 31.2 Å². The Labute approximate surface area is 224 Å². The number of carbonyl (C=O) groups is 1. The van der Waals surface area contributed by atoms with Crippen molar-refractivity contribution in [1.82, 2.24) is 4.98 Å². The Hall–Kier alpha value is -4.64. The fourth-order valence-corrected chi connectivity index (χ4v) is 4.81. The zero-order valence-electron chi connectivity index (χ0n) is 21.1. The Kier molecular flexibility index (Phi) is 7.07. The molecule has 5 nitrogen and oxygen atoms in total. The summed E-state index contributed by atoms with van der Waals surface area (Å²) >= 11 is 0. The minimum atomic E-state index is -4.50. The predicted molar refractivity (Wildman–Crippen MR) is 144 cm³/mol. The van der Waals surface area contributed by atoms with Crippen molar-refractivity contribution < 1.29 is 18.0 Å². The Morgan fingerprint density at radius 1 is 0.949 bits per heavy atom. The number of nitriles is 1. The highest BCUT2D eigenvalue weighted by Gasteiger charge is 2.41. The summed E-state index contributed by atoms with van der Waals surface area (Å²) in [6.07, 6.45) is -2.87. The molecule has 4 aromatic rings. The average Bonchev–Trinajstić information content (AvgIpc) is 3.74. The first-order valence-electron chi connectivity index (χ1n) is 12.6. The van der Waals surface area contributed by atoms with Gasteiger partial charge in [-0.2, -0.15) is 18.4 Å². The van der Waals surface area contributed by atoms with Crippen molar-refractivity contribution in [2.75, 3.05) is 10.6 Å². The summed E-state index contributed by atoms with van der Waals surface area (Å²) < 4.78 is 38.8. The van der Waals surface area contributed by atoms with E-state index in [-0.39, 0.29) is 5.69 Å². The van der Waals surface area contributed by atoms with Gasteiger partial charge in [0, 0.05) is 28.6 Å². The fraction of sp³-hybridized carbons (Fsp3) is 0.194. The molecule has 0 aliphatic heterocycles. The van der Waals surface area contributed by atoms with Crippen LogP contribution in [0.1, 0.15) is 53.3 Å². The third kappa shape index (κ3) is 5.78. The summed E-state index contributed by atoms with van der Waals surface area (Å²) in [5.74, 6) is 0.704. The highest BCUT2D eigenvalue weighted by Crippen LogP contribution is 2.54. The second kappa shape index (κ2) is 10.6. The number of carbonyl (C=O) groups excluding carboxylic acids is 1. The van der Waals surface area contributed by atoms with Gasteiger partial charge in [0.2, 0.25) is 0 Å². The van der Waals surface area contributed by atoms with Crippen molar-refractivity contribution in [2.24, 2.45) is 0 Å². The van der Waals surface area contributed by atoms with E-state index in [9.17, 15) is 23.2 Å². The zero-order valence-corrected chi connectivity index (χ0v) is 21.1. The molecule has 1 aliphatic carbocycles. The Morgan fingerprint density at radius 3 is 2.33 bits per heavy atom. The van der Waals surface area contributed by atoms with E-state index in [0.29, 0.717) is 29.5 Å². The average molecular weight is 527 g/mol. The predicted octanol–water partition coefficient (Wildman–Crippen LogP) is 8.12. The van der Waals surface area contributed by atoms with E-state index in [2.05, 4.69) is 28.8 Å². The largest absolute Gasteiger partial charge is 0.416 e. The van der Waals surface area contributed by atoms with Crippen LogP contribution >= 0.6 is 0 Å². The van der Waals surface area contributed by atoms with Crippen LogP contribution in [0.5, 0.6) is 0 Å². The van der Waals surface area contributed by atoms with Crippen LogP contribution < -0.4 is 10.6 Å². The molecule has 0 radical (unpaired) electrons. The van der Waals surface area contributed by atoms with Crippen LogP contribution in [0, 0.1) is 11.3 Å².